The molecule has 0 saturated heterocycles. The molecule has 0 fully saturated rings. The molecule has 5 nitrogen and oxygen atoms in total. The van der Waals surface area contributed by atoms with Crippen LogP contribution in [0.15, 0.2) is 27.5 Å². The molecule has 1 N–H and O–H groups in total. The van der Waals surface area contributed by atoms with Gasteiger partial charge in [-0.25, -0.2) is 4.98 Å². The molecule has 0 bridgehead atoms. The molecule has 0 amide bonds. The van der Waals surface area contributed by atoms with Gasteiger partial charge in [0.1, 0.15) is 6.33 Å². The van der Waals surface area contributed by atoms with Crippen molar-refractivity contribution < 1.29 is 0 Å². The first-order chi connectivity index (χ1) is 8.15. The number of nitrogens with zero attached hydrogens (tertiary/aromatic N) is 4. The summed E-state index contributed by atoms with van der Waals surface area (Å²) >= 11 is 6.84. The highest BCUT2D eigenvalue weighted by Gasteiger charge is 2.03. The summed E-state index contributed by atoms with van der Waals surface area (Å²) in [6.07, 6.45) is 3.46. The Hall–Kier alpha value is -0.790. The van der Waals surface area contributed by atoms with E-state index in [1.54, 1.807) is 17.2 Å². The van der Waals surface area contributed by atoms with Crippen LogP contribution in [0.3, 0.4) is 0 Å². The second-order valence-corrected chi connectivity index (χ2v) is 5.29. The van der Waals surface area contributed by atoms with E-state index in [4.69, 9.17) is 0 Å². The van der Waals surface area contributed by atoms with Gasteiger partial charge in [-0.3, -0.25) is 9.67 Å². The zero-order valence-corrected chi connectivity index (χ0v) is 12.4. The molecule has 0 aromatic carbocycles. The van der Waals surface area contributed by atoms with E-state index in [2.05, 4.69) is 52.2 Å². The number of aromatic nitrogens is 4. The Morgan fingerprint density at radius 3 is 2.76 bits per heavy atom. The fourth-order valence-electron chi connectivity index (χ4n) is 1.33. The van der Waals surface area contributed by atoms with Crippen LogP contribution in [0.2, 0.25) is 0 Å². The fourth-order valence-corrected chi connectivity index (χ4v) is 2.46. The first-order valence-corrected chi connectivity index (χ1v) is 6.59. The van der Waals surface area contributed by atoms with Gasteiger partial charge in [-0.05, 0) is 37.9 Å². The van der Waals surface area contributed by atoms with E-state index in [1.165, 1.54) is 0 Å². The summed E-state index contributed by atoms with van der Waals surface area (Å²) in [5.41, 5.74) is 0.962. The van der Waals surface area contributed by atoms with Crippen molar-refractivity contribution in [1.82, 2.24) is 25.1 Å². The average Bonchev–Trinajstić information content (AvgIpc) is 2.68. The molecule has 0 aliphatic rings. The van der Waals surface area contributed by atoms with Gasteiger partial charge in [0.2, 0.25) is 0 Å². The van der Waals surface area contributed by atoms with Crippen molar-refractivity contribution >= 4 is 31.9 Å². The van der Waals surface area contributed by atoms with Crippen LogP contribution in [0.25, 0.3) is 0 Å². The number of hydrogen-bond acceptors (Lipinski definition) is 4. The van der Waals surface area contributed by atoms with E-state index in [-0.39, 0.29) is 0 Å². The van der Waals surface area contributed by atoms with Gasteiger partial charge in [0.25, 0.3) is 0 Å². The number of hydrogen-bond donors (Lipinski definition) is 1. The van der Waals surface area contributed by atoms with Gasteiger partial charge in [-0.15, -0.1) is 0 Å². The molecule has 2 rings (SSSR count). The highest BCUT2D eigenvalue weighted by atomic mass is 79.9. The summed E-state index contributed by atoms with van der Waals surface area (Å²) in [5, 5.41) is 7.43. The number of aryl methyl sites for hydroxylation is 1. The summed E-state index contributed by atoms with van der Waals surface area (Å²) in [6.45, 7) is 1.30. The summed E-state index contributed by atoms with van der Waals surface area (Å²) in [5.74, 6) is 0.778. The van der Waals surface area contributed by atoms with Gasteiger partial charge in [-0.1, -0.05) is 0 Å². The number of halogens is 2. The van der Waals surface area contributed by atoms with Crippen molar-refractivity contribution in [3.63, 3.8) is 0 Å². The van der Waals surface area contributed by atoms with Crippen molar-refractivity contribution in [3.05, 3.63) is 39.1 Å². The van der Waals surface area contributed by atoms with Gasteiger partial charge in [0.15, 0.2) is 5.82 Å². The van der Waals surface area contributed by atoms with Gasteiger partial charge in [0.05, 0.1) is 12.2 Å². The summed E-state index contributed by atoms with van der Waals surface area (Å²) < 4.78 is 3.62. The van der Waals surface area contributed by atoms with E-state index in [0.717, 1.165) is 20.5 Å². The molecule has 17 heavy (non-hydrogen) atoms. The second-order valence-electron chi connectivity index (χ2n) is 3.52. The molecule has 0 aliphatic heterocycles. The quantitative estimate of drug-likeness (QED) is 0.906. The lowest BCUT2D eigenvalue weighted by atomic mass is 10.3. The molecule has 2 heterocycles. The van der Waals surface area contributed by atoms with Crippen LogP contribution < -0.4 is 5.32 Å². The molecular weight excluding hydrogens is 350 g/mol. The molecule has 0 saturated carbocycles. The summed E-state index contributed by atoms with van der Waals surface area (Å²) in [4.78, 5) is 8.45. The highest BCUT2D eigenvalue weighted by Crippen LogP contribution is 2.19. The maximum absolute atomic E-state index is 4.31. The third kappa shape index (κ3) is 3.58. The van der Waals surface area contributed by atoms with Gasteiger partial charge >= 0.3 is 0 Å². The van der Waals surface area contributed by atoms with Crippen LogP contribution in [0.1, 0.15) is 11.5 Å². The number of nitrogens with one attached hydrogen (secondary N) is 1. The third-order valence-corrected chi connectivity index (χ3v) is 3.23. The first kappa shape index (κ1) is 12.7. The zero-order valence-electron chi connectivity index (χ0n) is 9.19. The molecule has 7 heteroatoms. The minimum atomic E-state index is 0.630. The Balaban J connectivity index is 1.90. The van der Waals surface area contributed by atoms with Crippen molar-refractivity contribution in [2.75, 3.05) is 0 Å². The lowest BCUT2D eigenvalue weighted by molar-refractivity contribution is 0.639. The van der Waals surface area contributed by atoms with Crippen molar-refractivity contribution in [2.24, 2.45) is 7.05 Å². The van der Waals surface area contributed by atoms with E-state index < -0.39 is 0 Å². The minimum Gasteiger partial charge on any atom is -0.304 e. The molecule has 2 aromatic rings. The fraction of sp³-hybridized carbons (Fsp3) is 0.300. The zero-order chi connectivity index (χ0) is 12.3. The number of rotatable bonds is 4. The Morgan fingerprint density at radius 1 is 1.29 bits per heavy atom. The smallest absolute Gasteiger partial charge is 0.164 e. The monoisotopic (exact) mass is 359 g/mol. The van der Waals surface area contributed by atoms with Gasteiger partial charge in [0, 0.05) is 28.7 Å². The molecule has 0 spiro atoms. The Labute approximate surface area is 116 Å². The average molecular weight is 361 g/mol. The van der Waals surface area contributed by atoms with E-state index in [1.807, 2.05) is 13.1 Å². The van der Waals surface area contributed by atoms with Crippen LogP contribution in [-0.4, -0.2) is 19.7 Å². The molecule has 0 aliphatic carbocycles. The first-order valence-electron chi connectivity index (χ1n) is 5.00. The molecule has 2 aromatic heterocycles. The summed E-state index contributed by atoms with van der Waals surface area (Å²) in [6, 6.07) is 1.98. The second kappa shape index (κ2) is 5.70. The van der Waals surface area contributed by atoms with Gasteiger partial charge in [-0.2, -0.15) is 5.10 Å². The Kier molecular flexibility index (Phi) is 4.25. The predicted molar refractivity (Wildman–Crippen MR) is 71.2 cm³/mol. The van der Waals surface area contributed by atoms with Crippen LogP contribution in [0.5, 0.6) is 0 Å². The molecule has 0 unspecified atom stereocenters. The predicted octanol–water partition coefficient (Wildman–Crippen LogP) is 2.02. The van der Waals surface area contributed by atoms with Crippen molar-refractivity contribution in [2.45, 2.75) is 13.1 Å². The van der Waals surface area contributed by atoms with Crippen LogP contribution in [0.4, 0.5) is 0 Å². The maximum Gasteiger partial charge on any atom is 0.164 e. The van der Waals surface area contributed by atoms with E-state index in [0.29, 0.717) is 13.1 Å². The third-order valence-electron chi connectivity index (χ3n) is 2.11. The van der Waals surface area contributed by atoms with E-state index in [9.17, 15) is 0 Å². The van der Waals surface area contributed by atoms with Crippen LogP contribution in [-0.2, 0) is 20.1 Å². The number of pyridine rings is 1. The molecule has 90 valence electrons. The lowest BCUT2D eigenvalue weighted by Gasteiger charge is -2.04. The summed E-state index contributed by atoms with van der Waals surface area (Å²) in [7, 11) is 1.85. The minimum absolute atomic E-state index is 0.630. The highest BCUT2D eigenvalue weighted by molar-refractivity contribution is 9.11. The van der Waals surface area contributed by atoms with Crippen molar-refractivity contribution in [1.29, 1.82) is 0 Å². The largest absolute Gasteiger partial charge is 0.304 e. The topological polar surface area (TPSA) is 55.6 Å². The Morgan fingerprint density at radius 2 is 2.12 bits per heavy atom. The van der Waals surface area contributed by atoms with Crippen LogP contribution >= 0.6 is 31.9 Å². The standard InChI is InChI=1S/C10H11Br2N5/c1-17-6-15-10(16-17)5-13-4-9-8(12)2-7(11)3-14-9/h2-3,6,13H,4-5H2,1H3. The molecule has 0 radical (unpaired) electrons. The van der Waals surface area contributed by atoms with Gasteiger partial charge < -0.3 is 5.32 Å². The molecule has 0 atom stereocenters. The SMILES string of the molecule is Cn1cnc(CNCc2ncc(Br)cc2Br)n1. The maximum atomic E-state index is 4.31. The normalized spacial score (nSPS) is 10.8. The van der Waals surface area contributed by atoms with Crippen LogP contribution in [0, 0.1) is 0 Å². The molecular formula is C10H11Br2N5. The Bertz CT molecular complexity index is 511. The lowest BCUT2D eigenvalue weighted by Crippen LogP contribution is -2.15. The van der Waals surface area contributed by atoms with Crippen molar-refractivity contribution in [3.8, 4) is 0 Å². The van der Waals surface area contributed by atoms with E-state index >= 15 is 0 Å².